The highest BCUT2D eigenvalue weighted by Gasteiger charge is 2.12. The van der Waals surface area contributed by atoms with Crippen LogP contribution < -0.4 is 10.1 Å². The molecular weight excluding hydrogens is 372 g/mol. The molecule has 0 bridgehead atoms. The number of ether oxygens (including phenoxy) is 1. The van der Waals surface area contributed by atoms with Crippen LogP contribution in [-0.2, 0) is 18.4 Å². The van der Waals surface area contributed by atoms with Crippen molar-refractivity contribution in [3.05, 3.63) is 65.0 Å². The van der Waals surface area contributed by atoms with E-state index < -0.39 is 0 Å². The van der Waals surface area contributed by atoms with Crippen LogP contribution in [0.4, 0.5) is 5.69 Å². The fraction of sp³-hybridized carbons (Fsp3) is 0.286. The second-order valence-electron chi connectivity index (χ2n) is 6.70. The van der Waals surface area contributed by atoms with Gasteiger partial charge in [0.2, 0.25) is 5.91 Å². The van der Waals surface area contributed by atoms with E-state index in [9.17, 15) is 4.79 Å². The van der Waals surface area contributed by atoms with Crippen molar-refractivity contribution in [3.8, 4) is 5.75 Å². The summed E-state index contributed by atoms with van der Waals surface area (Å²) in [5.41, 5.74) is 4.34. The minimum atomic E-state index is -0.0753. The number of benzene rings is 2. The Kier molecular flexibility index (Phi) is 6.36. The van der Waals surface area contributed by atoms with Crippen molar-refractivity contribution in [3.63, 3.8) is 0 Å². The average Bonchev–Trinajstić information content (AvgIpc) is 3.02. The number of amides is 1. The maximum Gasteiger partial charge on any atom is 0.234 e. The summed E-state index contributed by atoms with van der Waals surface area (Å²) in [5, 5.41) is 11.9. The van der Waals surface area contributed by atoms with Crippen molar-refractivity contribution < 1.29 is 9.53 Å². The van der Waals surface area contributed by atoms with E-state index in [0.717, 1.165) is 17.0 Å². The van der Waals surface area contributed by atoms with Gasteiger partial charge in [0.15, 0.2) is 11.0 Å². The molecule has 0 saturated heterocycles. The van der Waals surface area contributed by atoms with Crippen molar-refractivity contribution in [1.29, 1.82) is 0 Å². The zero-order valence-corrected chi connectivity index (χ0v) is 17.3. The molecular formula is C21H24N4O2S. The highest BCUT2D eigenvalue weighted by atomic mass is 32.2. The lowest BCUT2D eigenvalue weighted by Crippen LogP contribution is -2.14. The van der Waals surface area contributed by atoms with Crippen LogP contribution in [0.5, 0.6) is 5.75 Å². The molecule has 1 heterocycles. The van der Waals surface area contributed by atoms with Crippen LogP contribution in [-0.4, -0.2) is 26.4 Å². The van der Waals surface area contributed by atoms with Gasteiger partial charge in [-0.1, -0.05) is 35.5 Å². The highest BCUT2D eigenvalue weighted by Crippen LogP contribution is 2.19. The number of hydrogen-bond acceptors (Lipinski definition) is 5. The molecule has 6 nitrogen and oxygen atoms in total. The van der Waals surface area contributed by atoms with E-state index in [1.54, 1.807) is 0 Å². The van der Waals surface area contributed by atoms with Crippen molar-refractivity contribution >= 4 is 23.4 Å². The van der Waals surface area contributed by atoms with Gasteiger partial charge in [-0.15, -0.1) is 10.2 Å². The third-order valence-electron chi connectivity index (χ3n) is 4.44. The zero-order chi connectivity index (χ0) is 20.1. The Bertz CT molecular complexity index is 967. The van der Waals surface area contributed by atoms with E-state index in [1.165, 1.54) is 22.9 Å². The summed E-state index contributed by atoms with van der Waals surface area (Å²) in [6, 6.07) is 13.7. The zero-order valence-electron chi connectivity index (χ0n) is 16.5. The maximum absolute atomic E-state index is 12.2. The number of nitrogens with zero attached hydrogens (tertiary/aromatic N) is 3. The monoisotopic (exact) mass is 396 g/mol. The molecule has 0 spiro atoms. The second kappa shape index (κ2) is 8.93. The second-order valence-corrected chi connectivity index (χ2v) is 7.64. The molecule has 146 valence electrons. The van der Waals surface area contributed by atoms with Crippen molar-refractivity contribution in [2.24, 2.45) is 7.05 Å². The molecule has 1 amide bonds. The van der Waals surface area contributed by atoms with Crippen LogP contribution in [0.1, 0.15) is 22.5 Å². The van der Waals surface area contributed by atoms with Gasteiger partial charge in [0.1, 0.15) is 12.4 Å². The molecule has 0 aliphatic carbocycles. The van der Waals surface area contributed by atoms with Gasteiger partial charge in [-0.2, -0.15) is 0 Å². The van der Waals surface area contributed by atoms with Gasteiger partial charge in [-0.05, 0) is 56.2 Å². The summed E-state index contributed by atoms with van der Waals surface area (Å²) < 4.78 is 7.60. The number of anilines is 1. The normalized spacial score (nSPS) is 10.7. The first kappa shape index (κ1) is 19.9. The Morgan fingerprint density at radius 2 is 1.82 bits per heavy atom. The predicted octanol–water partition coefficient (Wildman–Crippen LogP) is 4.05. The van der Waals surface area contributed by atoms with Gasteiger partial charge in [0, 0.05) is 12.7 Å². The summed E-state index contributed by atoms with van der Waals surface area (Å²) >= 11 is 1.35. The van der Waals surface area contributed by atoms with Gasteiger partial charge in [-0.25, -0.2) is 0 Å². The van der Waals surface area contributed by atoms with Gasteiger partial charge in [0.25, 0.3) is 0 Å². The number of rotatable bonds is 7. The lowest BCUT2D eigenvalue weighted by atomic mass is 10.1. The SMILES string of the molecule is Cc1ccc(OCc2nnc(SCC(=O)Nc3ccc(C)c(C)c3)n2C)cc1. The first-order chi connectivity index (χ1) is 13.4. The van der Waals surface area contributed by atoms with Crippen molar-refractivity contribution in [2.75, 3.05) is 11.1 Å². The predicted molar refractivity (Wildman–Crippen MR) is 112 cm³/mol. The molecule has 0 saturated carbocycles. The van der Waals surface area contributed by atoms with Crippen LogP contribution >= 0.6 is 11.8 Å². The first-order valence-electron chi connectivity index (χ1n) is 9.00. The number of carbonyl (C=O) groups is 1. The van der Waals surface area contributed by atoms with Crippen LogP contribution in [0, 0.1) is 20.8 Å². The number of hydrogen-bond donors (Lipinski definition) is 1. The van der Waals surface area contributed by atoms with Crippen molar-refractivity contribution in [2.45, 2.75) is 32.5 Å². The largest absolute Gasteiger partial charge is 0.486 e. The molecule has 3 rings (SSSR count). The molecule has 1 N–H and O–H groups in total. The number of aromatic nitrogens is 3. The smallest absolute Gasteiger partial charge is 0.234 e. The fourth-order valence-electron chi connectivity index (χ4n) is 2.53. The molecule has 7 heteroatoms. The summed E-state index contributed by atoms with van der Waals surface area (Å²) in [6.45, 7) is 6.43. The Hall–Kier alpha value is -2.80. The van der Waals surface area contributed by atoms with Gasteiger partial charge in [-0.3, -0.25) is 4.79 Å². The number of carbonyl (C=O) groups excluding carboxylic acids is 1. The average molecular weight is 397 g/mol. The lowest BCUT2D eigenvalue weighted by molar-refractivity contribution is -0.113. The summed E-state index contributed by atoms with van der Waals surface area (Å²) in [6.07, 6.45) is 0. The van der Waals surface area contributed by atoms with Gasteiger partial charge < -0.3 is 14.6 Å². The quantitative estimate of drug-likeness (QED) is 0.610. The highest BCUT2D eigenvalue weighted by molar-refractivity contribution is 7.99. The van der Waals surface area contributed by atoms with Gasteiger partial charge in [0.05, 0.1) is 5.75 Å². The molecule has 2 aromatic carbocycles. The Morgan fingerprint density at radius 3 is 2.54 bits per heavy atom. The first-order valence-corrected chi connectivity index (χ1v) is 9.98. The Balaban J connectivity index is 1.52. The van der Waals surface area contributed by atoms with Crippen molar-refractivity contribution in [1.82, 2.24) is 14.8 Å². The van der Waals surface area contributed by atoms with Crippen LogP contribution in [0.3, 0.4) is 0 Å². The van der Waals surface area contributed by atoms with Gasteiger partial charge >= 0.3 is 0 Å². The summed E-state index contributed by atoms with van der Waals surface area (Å²) in [5.74, 6) is 1.68. The van der Waals surface area contributed by atoms with E-state index in [0.29, 0.717) is 17.6 Å². The van der Waals surface area contributed by atoms with E-state index >= 15 is 0 Å². The third-order valence-corrected chi connectivity index (χ3v) is 5.46. The maximum atomic E-state index is 12.2. The van der Waals surface area contributed by atoms with Crippen LogP contribution in [0.15, 0.2) is 47.6 Å². The minimum absolute atomic E-state index is 0.0753. The Labute approximate surface area is 169 Å². The van der Waals surface area contributed by atoms with E-state index in [1.807, 2.05) is 74.9 Å². The van der Waals surface area contributed by atoms with E-state index in [4.69, 9.17) is 4.74 Å². The summed E-state index contributed by atoms with van der Waals surface area (Å²) in [4.78, 5) is 12.2. The summed E-state index contributed by atoms with van der Waals surface area (Å²) in [7, 11) is 1.87. The topological polar surface area (TPSA) is 69.0 Å². The molecule has 1 aromatic heterocycles. The molecule has 28 heavy (non-hydrogen) atoms. The van der Waals surface area contributed by atoms with Crippen LogP contribution in [0.2, 0.25) is 0 Å². The van der Waals surface area contributed by atoms with Crippen LogP contribution in [0.25, 0.3) is 0 Å². The molecule has 3 aromatic rings. The Morgan fingerprint density at radius 1 is 1.07 bits per heavy atom. The molecule has 0 aliphatic rings. The third kappa shape index (κ3) is 5.13. The molecule has 0 fully saturated rings. The number of nitrogens with one attached hydrogen (secondary N) is 1. The number of thioether (sulfide) groups is 1. The lowest BCUT2D eigenvalue weighted by Gasteiger charge is -2.08. The van der Waals surface area contributed by atoms with E-state index in [-0.39, 0.29) is 11.7 Å². The number of aryl methyl sites for hydroxylation is 3. The minimum Gasteiger partial charge on any atom is -0.486 e. The molecule has 0 aliphatic heterocycles. The molecule has 0 atom stereocenters. The fourth-order valence-corrected chi connectivity index (χ4v) is 3.26. The molecule has 0 radical (unpaired) electrons. The van der Waals surface area contributed by atoms with E-state index in [2.05, 4.69) is 15.5 Å². The molecule has 0 unspecified atom stereocenters. The standard InChI is InChI=1S/C21H24N4O2S/c1-14-5-9-18(10-6-14)27-12-19-23-24-21(25(19)4)28-13-20(26)22-17-8-7-15(2)16(3)11-17/h5-11H,12-13H2,1-4H3,(H,22,26).